The highest BCUT2D eigenvalue weighted by Crippen LogP contribution is 2.27. The molecule has 2 aromatic heterocycles. The molecule has 0 aliphatic heterocycles. The van der Waals surface area contributed by atoms with Crippen LogP contribution in [0.3, 0.4) is 0 Å². The van der Waals surface area contributed by atoms with E-state index in [1.54, 1.807) is 6.33 Å². The molecule has 1 unspecified atom stereocenters. The Labute approximate surface area is 299 Å². The van der Waals surface area contributed by atoms with E-state index in [1.165, 1.54) is 52.1 Å². The molecular formula is C45H42F2N4. The highest BCUT2D eigenvalue weighted by atomic mass is 19.1. The number of imidazole rings is 2. The van der Waals surface area contributed by atoms with Gasteiger partial charge in [0.1, 0.15) is 11.6 Å². The maximum Gasteiger partial charge on any atom is 0.123 e. The van der Waals surface area contributed by atoms with E-state index >= 15 is 0 Å². The van der Waals surface area contributed by atoms with Crippen LogP contribution >= 0.6 is 0 Å². The molecule has 0 fully saturated rings. The molecule has 0 aliphatic rings. The van der Waals surface area contributed by atoms with E-state index in [0.29, 0.717) is 5.92 Å². The van der Waals surface area contributed by atoms with E-state index in [2.05, 4.69) is 86.3 Å². The van der Waals surface area contributed by atoms with Crippen LogP contribution < -0.4 is 0 Å². The number of allylic oxidation sites excluding steroid dienone is 1. The second-order valence-corrected chi connectivity index (χ2v) is 12.6. The number of aromatic amines is 1. The van der Waals surface area contributed by atoms with Crippen molar-refractivity contribution >= 4 is 11.6 Å². The average molecular weight is 677 g/mol. The maximum absolute atomic E-state index is 13.5. The number of aromatic nitrogens is 4. The zero-order chi connectivity index (χ0) is 35.1. The summed E-state index contributed by atoms with van der Waals surface area (Å²) in [6.07, 6.45) is 14.2. The molecule has 1 atom stereocenters. The van der Waals surface area contributed by atoms with Gasteiger partial charge in [-0.05, 0) is 102 Å². The van der Waals surface area contributed by atoms with Crippen molar-refractivity contribution in [2.24, 2.45) is 0 Å². The number of benzene rings is 5. The van der Waals surface area contributed by atoms with Gasteiger partial charge in [-0.1, -0.05) is 115 Å². The first kappa shape index (κ1) is 35.0. The summed E-state index contributed by atoms with van der Waals surface area (Å²) < 4.78 is 28.8. The smallest absolute Gasteiger partial charge is 0.123 e. The molecular weight excluding hydrogens is 635 g/mol. The molecule has 0 aliphatic carbocycles. The van der Waals surface area contributed by atoms with Crippen LogP contribution in [0.2, 0.25) is 0 Å². The van der Waals surface area contributed by atoms with Crippen molar-refractivity contribution in [2.45, 2.75) is 44.6 Å². The van der Waals surface area contributed by atoms with Crippen LogP contribution in [0.25, 0.3) is 11.6 Å². The molecule has 4 nitrogen and oxygen atoms in total. The highest BCUT2D eigenvalue weighted by molar-refractivity contribution is 5.80. The standard InChI is InChI=1S/C26H23FN2.C19H19FN2/c27-25-15-13-23(14-16-25)24(12-11-21-7-3-1-4-8-21)17-26-18-28-20-29(26)19-22-9-5-2-6-10-22;20-18-10-8-16(9-11-18)17(12-19-13-21-14-22-19)7-6-15-4-2-1-3-5-15/h1-10,13-18,20H,11-12,19H2;1-5,8-11,13-14,17H,6-7,12H2,(H,21,22). The molecule has 0 bridgehead atoms. The van der Waals surface area contributed by atoms with E-state index in [0.717, 1.165) is 55.6 Å². The van der Waals surface area contributed by atoms with Crippen LogP contribution in [0.5, 0.6) is 0 Å². The Kier molecular flexibility index (Phi) is 12.5. The number of aryl methyl sites for hydroxylation is 2. The van der Waals surface area contributed by atoms with Gasteiger partial charge in [-0.15, -0.1) is 0 Å². The first-order valence-electron chi connectivity index (χ1n) is 17.4. The molecule has 7 rings (SSSR count). The molecule has 0 saturated heterocycles. The van der Waals surface area contributed by atoms with Gasteiger partial charge in [-0.3, -0.25) is 0 Å². The van der Waals surface area contributed by atoms with E-state index in [9.17, 15) is 8.78 Å². The third-order valence-corrected chi connectivity index (χ3v) is 8.98. The van der Waals surface area contributed by atoms with Crippen molar-refractivity contribution in [3.8, 4) is 0 Å². The predicted molar refractivity (Wildman–Crippen MR) is 203 cm³/mol. The van der Waals surface area contributed by atoms with Crippen molar-refractivity contribution in [3.05, 3.63) is 215 Å². The monoisotopic (exact) mass is 676 g/mol. The van der Waals surface area contributed by atoms with Crippen LogP contribution in [-0.2, 0) is 25.8 Å². The van der Waals surface area contributed by atoms with Gasteiger partial charge in [0.15, 0.2) is 0 Å². The fourth-order valence-corrected chi connectivity index (χ4v) is 6.19. The third kappa shape index (κ3) is 10.8. The SMILES string of the molecule is Fc1ccc(C(=Cc2cncn2Cc2ccccc2)CCc2ccccc2)cc1.Fc1ccc(C(CCc2ccccc2)Cc2c[nH]cn2)cc1. The molecule has 1 N–H and O–H groups in total. The zero-order valence-corrected chi connectivity index (χ0v) is 28.6. The van der Waals surface area contributed by atoms with E-state index in [4.69, 9.17) is 0 Å². The number of nitrogens with one attached hydrogen (secondary N) is 1. The maximum atomic E-state index is 13.5. The number of nitrogens with zero attached hydrogens (tertiary/aromatic N) is 3. The number of rotatable bonds is 13. The Morgan fingerprint density at radius 1 is 0.686 bits per heavy atom. The molecule has 0 radical (unpaired) electrons. The van der Waals surface area contributed by atoms with Gasteiger partial charge in [0.25, 0.3) is 0 Å². The summed E-state index contributed by atoms with van der Waals surface area (Å²) in [6.45, 7) is 0.766. The summed E-state index contributed by atoms with van der Waals surface area (Å²) in [7, 11) is 0. The lowest BCUT2D eigenvalue weighted by atomic mass is 9.88. The summed E-state index contributed by atoms with van der Waals surface area (Å²) in [5, 5.41) is 0. The van der Waals surface area contributed by atoms with Crippen molar-refractivity contribution in [1.29, 1.82) is 0 Å². The molecule has 256 valence electrons. The Morgan fingerprint density at radius 2 is 1.27 bits per heavy atom. The summed E-state index contributed by atoms with van der Waals surface area (Å²) >= 11 is 0. The molecule has 51 heavy (non-hydrogen) atoms. The van der Waals surface area contributed by atoms with Crippen LogP contribution in [-0.4, -0.2) is 19.5 Å². The van der Waals surface area contributed by atoms with Crippen molar-refractivity contribution in [2.75, 3.05) is 0 Å². The lowest BCUT2D eigenvalue weighted by Crippen LogP contribution is -2.05. The largest absolute Gasteiger partial charge is 0.351 e. The lowest BCUT2D eigenvalue weighted by Gasteiger charge is -2.16. The molecule has 2 heterocycles. The normalized spacial score (nSPS) is 11.8. The number of H-pyrrole nitrogens is 1. The number of hydrogen-bond acceptors (Lipinski definition) is 2. The van der Waals surface area contributed by atoms with E-state index < -0.39 is 0 Å². The van der Waals surface area contributed by atoms with Crippen LogP contribution in [0.1, 0.15) is 58.0 Å². The number of hydrogen-bond donors (Lipinski definition) is 1. The molecule has 0 spiro atoms. The Bertz CT molecular complexity index is 2040. The fraction of sp³-hybridized carbons (Fsp3) is 0.156. The summed E-state index contributed by atoms with van der Waals surface area (Å²) in [6, 6.07) is 44.8. The van der Waals surface area contributed by atoms with Crippen molar-refractivity contribution in [1.82, 2.24) is 19.5 Å². The zero-order valence-electron chi connectivity index (χ0n) is 28.6. The summed E-state index contributed by atoms with van der Waals surface area (Å²) in [5.74, 6) is -0.0697. The van der Waals surface area contributed by atoms with Crippen LogP contribution in [0.15, 0.2) is 165 Å². The first-order chi connectivity index (χ1) is 25.1. The second kappa shape index (κ2) is 18.2. The molecule has 6 heteroatoms. The highest BCUT2D eigenvalue weighted by Gasteiger charge is 2.14. The first-order valence-corrected chi connectivity index (χ1v) is 17.4. The minimum Gasteiger partial charge on any atom is -0.351 e. The summed E-state index contributed by atoms with van der Waals surface area (Å²) in [4.78, 5) is 11.7. The van der Waals surface area contributed by atoms with Gasteiger partial charge in [0.2, 0.25) is 0 Å². The minimum absolute atomic E-state index is 0.190. The lowest BCUT2D eigenvalue weighted by molar-refractivity contribution is 0.604. The van der Waals surface area contributed by atoms with Gasteiger partial charge < -0.3 is 9.55 Å². The van der Waals surface area contributed by atoms with Crippen molar-refractivity contribution < 1.29 is 8.78 Å². The minimum atomic E-state index is -0.217. The Balaban J connectivity index is 0.000000183. The van der Waals surface area contributed by atoms with E-state index in [1.807, 2.05) is 73.3 Å². The average Bonchev–Trinajstić information content (AvgIpc) is 3.86. The predicted octanol–water partition coefficient (Wildman–Crippen LogP) is 10.8. The van der Waals surface area contributed by atoms with Crippen LogP contribution in [0.4, 0.5) is 8.78 Å². The quantitative estimate of drug-likeness (QED) is 0.132. The topological polar surface area (TPSA) is 46.5 Å². The van der Waals surface area contributed by atoms with Gasteiger partial charge in [0, 0.05) is 12.7 Å². The summed E-state index contributed by atoms with van der Waals surface area (Å²) in [5.41, 5.74) is 9.31. The molecule has 7 aromatic rings. The van der Waals surface area contributed by atoms with Crippen molar-refractivity contribution in [3.63, 3.8) is 0 Å². The fourth-order valence-electron chi connectivity index (χ4n) is 6.19. The number of halogens is 2. The van der Waals surface area contributed by atoms with E-state index in [-0.39, 0.29) is 11.6 Å². The molecule has 0 saturated carbocycles. The third-order valence-electron chi connectivity index (χ3n) is 8.98. The van der Waals surface area contributed by atoms with Gasteiger partial charge >= 0.3 is 0 Å². The molecule has 5 aromatic carbocycles. The van der Waals surface area contributed by atoms with Gasteiger partial charge in [-0.2, -0.15) is 0 Å². The Morgan fingerprint density at radius 3 is 1.88 bits per heavy atom. The van der Waals surface area contributed by atoms with Gasteiger partial charge in [0.05, 0.1) is 30.2 Å². The van der Waals surface area contributed by atoms with Crippen LogP contribution in [0, 0.1) is 11.6 Å². The molecule has 0 amide bonds. The van der Waals surface area contributed by atoms with Gasteiger partial charge in [-0.25, -0.2) is 18.7 Å². The Hall–Kier alpha value is -5.88. The second-order valence-electron chi connectivity index (χ2n) is 12.6.